The lowest BCUT2D eigenvalue weighted by Gasteiger charge is -2.35. The van der Waals surface area contributed by atoms with Crippen molar-refractivity contribution in [3.63, 3.8) is 0 Å². The second kappa shape index (κ2) is 8.50. The van der Waals surface area contributed by atoms with Crippen LogP contribution in [0.1, 0.15) is 12.5 Å². The van der Waals surface area contributed by atoms with Gasteiger partial charge in [0.05, 0.1) is 10.6 Å². The molecule has 0 unspecified atom stereocenters. The minimum atomic E-state index is -0.656. The Kier molecular flexibility index (Phi) is 5.87. The van der Waals surface area contributed by atoms with Crippen LogP contribution >= 0.6 is 0 Å². The second-order valence-corrected chi connectivity index (χ2v) is 6.39. The van der Waals surface area contributed by atoms with Crippen molar-refractivity contribution in [2.45, 2.75) is 19.6 Å². The van der Waals surface area contributed by atoms with Crippen molar-refractivity contribution in [2.24, 2.45) is 0 Å². The number of rotatable bonds is 5. The number of carbonyl (C=O) groups excluding carboxylic acids is 1. The van der Waals surface area contributed by atoms with E-state index < -0.39 is 11.0 Å². The van der Waals surface area contributed by atoms with Gasteiger partial charge < -0.3 is 15.0 Å². The third-order valence-corrected chi connectivity index (χ3v) is 4.44. The highest BCUT2D eigenvalue weighted by atomic mass is 16.6. The lowest BCUT2D eigenvalue weighted by atomic mass is 10.1. The molecule has 0 aliphatic carbocycles. The van der Waals surface area contributed by atoms with Gasteiger partial charge in [0.1, 0.15) is 12.3 Å². The van der Waals surface area contributed by atoms with Crippen molar-refractivity contribution in [3.8, 4) is 0 Å². The molecule has 0 bridgehead atoms. The van der Waals surface area contributed by atoms with E-state index in [9.17, 15) is 14.9 Å². The fourth-order valence-corrected chi connectivity index (χ4v) is 3.07. The third kappa shape index (κ3) is 4.73. The molecule has 142 valence electrons. The number of ether oxygens (including phenoxy) is 1. The molecule has 1 atom stereocenters. The van der Waals surface area contributed by atoms with Crippen molar-refractivity contribution in [1.29, 1.82) is 0 Å². The Morgan fingerprint density at radius 1 is 1.33 bits per heavy atom. The van der Waals surface area contributed by atoms with Crippen LogP contribution in [-0.2, 0) is 11.3 Å². The number of nitro groups is 1. The zero-order valence-corrected chi connectivity index (χ0v) is 15.1. The first-order valence-corrected chi connectivity index (χ1v) is 8.78. The van der Waals surface area contributed by atoms with Crippen LogP contribution in [0.3, 0.4) is 0 Å². The van der Waals surface area contributed by atoms with E-state index in [2.05, 4.69) is 10.6 Å². The van der Waals surface area contributed by atoms with Gasteiger partial charge >= 0.3 is 6.09 Å². The molecule has 1 saturated heterocycles. The van der Waals surface area contributed by atoms with Crippen molar-refractivity contribution in [3.05, 3.63) is 64.2 Å². The SMILES string of the molecule is C[C@H]1CNCCN1c1ccc(NC(=O)OCc2ccccc2)cc1[N+](=O)[O-]. The van der Waals surface area contributed by atoms with E-state index in [1.54, 1.807) is 12.1 Å². The standard InChI is InChI=1S/C19H22N4O4/c1-14-12-20-9-10-22(14)17-8-7-16(11-18(17)23(25)26)21-19(24)27-13-15-5-3-2-4-6-15/h2-8,11,14,20H,9-10,12-13H2,1H3,(H,21,24)/t14-/m0/s1. The number of nitro benzene ring substituents is 1. The molecular formula is C19H22N4O4. The number of piperazine rings is 1. The highest BCUT2D eigenvalue weighted by Crippen LogP contribution is 2.32. The molecule has 0 saturated carbocycles. The Bertz CT molecular complexity index is 813. The van der Waals surface area contributed by atoms with Crippen LogP contribution in [0.2, 0.25) is 0 Å². The zero-order valence-electron chi connectivity index (χ0n) is 15.1. The van der Waals surface area contributed by atoms with Gasteiger partial charge in [-0.1, -0.05) is 30.3 Å². The van der Waals surface area contributed by atoms with Gasteiger partial charge in [-0.05, 0) is 24.6 Å². The summed E-state index contributed by atoms with van der Waals surface area (Å²) >= 11 is 0. The van der Waals surface area contributed by atoms with E-state index in [0.717, 1.165) is 18.7 Å². The molecule has 1 amide bonds. The summed E-state index contributed by atoms with van der Waals surface area (Å²) in [5.41, 5.74) is 1.70. The van der Waals surface area contributed by atoms with Gasteiger partial charge in [-0.2, -0.15) is 0 Å². The first kappa shape index (κ1) is 18.7. The quantitative estimate of drug-likeness (QED) is 0.620. The monoisotopic (exact) mass is 370 g/mol. The van der Waals surface area contributed by atoms with E-state index >= 15 is 0 Å². The molecule has 27 heavy (non-hydrogen) atoms. The summed E-state index contributed by atoms with van der Waals surface area (Å²) in [7, 11) is 0. The number of nitrogens with zero attached hydrogens (tertiary/aromatic N) is 2. The largest absolute Gasteiger partial charge is 0.444 e. The molecular weight excluding hydrogens is 348 g/mol. The maximum Gasteiger partial charge on any atom is 0.411 e. The van der Waals surface area contributed by atoms with Crippen molar-refractivity contribution < 1.29 is 14.5 Å². The number of nitrogens with one attached hydrogen (secondary N) is 2. The van der Waals surface area contributed by atoms with E-state index in [4.69, 9.17) is 4.74 Å². The van der Waals surface area contributed by atoms with E-state index in [-0.39, 0.29) is 18.3 Å². The van der Waals surface area contributed by atoms with Gasteiger partial charge in [0, 0.05) is 31.7 Å². The molecule has 8 heteroatoms. The van der Waals surface area contributed by atoms with Crippen LogP contribution in [-0.4, -0.2) is 36.7 Å². The highest BCUT2D eigenvalue weighted by molar-refractivity contribution is 5.86. The lowest BCUT2D eigenvalue weighted by Crippen LogP contribution is -2.50. The fraction of sp³-hybridized carbons (Fsp3) is 0.316. The molecule has 0 spiro atoms. The van der Waals surface area contributed by atoms with Gasteiger partial charge in [0.2, 0.25) is 0 Å². The highest BCUT2D eigenvalue weighted by Gasteiger charge is 2.26. The summed E-state index contributed by atoms with van der Waals surface area (Å²) < 4.78 is 5.16. The topological polar surface area (TPSA) is 96.7 Å². The second-order valence-electron chi connectivity index (χ2n) is 6.39. The number of hydrogen-bond donors (Lipinski definition) is 2. The van der Waals surface area contributed by atoms with Gasteiger partial charge in [-0.3, -0.25) is 15.4 Å². The summed E-state index contributed by atoms with van der Waals surface area (Å²) in [6.07, 6.45) is -0.656. The van der Waals surface area contributed by atoms with Gasteiger partial charge in [0.25, 0.3) is 5.69 Å². The van der Waals surface area contributed by atoms with Gasteiger partial charge in [0.15, 0.2) is 0 Å². The minimum Gasteiger partial charge on any atom is -0.444 e. The molecule has 2 N–H and O–H groups in total. The molecule has 2 aromatic rings. The number of amides is 1. The van der Waals surface area contributed by atoms with Gasteiger partial charge in [-0.25, -0.2) is 4.79 Å². The van der Waals surface area contributed by atoms with Crippen LogP contribution in [0.15, 0.2) is 48.5 Å². The molecule has 1 heterocycles. The fourth-order valence-electron chi connectivity index (χ4n) is 3.07. The summed E-state index contributed by atoms with van der Waals surface area (Å²) in [4.78, 5) is 25.1. The smallest absolute Gasteiger partial charge is 0.411 e. The average molecular weight is 370 g/mol. The maximum absolute atomic E-state index is 12.0. The minimum absolute atomic E-state index is 0.0374. The Labute approximate surface area is 157 Å². The Balaban J connectivity index is 1.70. The van der Waals surface area contributed by atoms with Crippen molar-refractivity contribution in [1.82, 2.24) is 5.32 Å². The van der Waals surface area contributed by atoms with Crippen molar-refractivity contribution in [2.75, 3.05) is 29.9 Å². The molecule has 1 aliphatic rings. The summed E-state index contributed by atoms with van der Waals surface area (Å²) in [6.45, 7) is 4.37. The molecule has 1 aliphatic heterocycles. The molecule has 0 radical (unpaired) electrons. The van der Waals surface area contributed by atoms with Crippen LogP contribution in [0.25, 0.3) is 0 Å². The van der Waals surface area contributed by atoms with E-state index in [1.165, 1.54) is 6.07 Å². The molecule has 8 nitrogen and oxygen atoms in total. The van der Waals surface area contributed by atoms with E-state index in [0.29, 0.717) is 17.9 Å². The van der Waals surface area contributed by atoms with Crippen molar-refractivity contribution >= 4 is 23.2 Å². The Hall–Kier alpha value is -3.13. The Morgan fingerprint density at radius 2 is 2.11 bits per heavy atom. The first-order valence-electron chi connectivity index (χ1n) is 8.78. The predicted octanol–water partition coefficient (Wildman–Crippen LogP) is 3.14. The number of carbonyl (C=O) groups is 1. The molecule has 2 aromatic carbocycles. The summed E-state index contributed by atoms with van der Waals surface area (Å²) in [6, 6.07) is 14.1. The molecule has 0 aromatic heterocycles. The van der Waals surface area contributed by atoms with E-state index in [1.807, 2.05) is 42.2 Å². The molecule has 1 fully saturated rings. The normalized spacial score (nSPS) is 16.6. The van der Waals surface area contributed by atoms with Crippen LogP contribution in [0.4, 0.5) is 21.9 Å². The zero-order chi connectivity index (χ0) is 19.2. The molecule has 3 rings (SSSR count). The average Bonchev–Trinajstić information content (AvgIpc) is 2.68. The summed E-state index contributed by atoms with van der Waals surface area (Å²) in [5.74, 6) is 0. The Morgan fingerprint density at radius 3 is 2.81 bits per heavy atom. The van der Waals surface area contributed by atoms with Crippen LogP contribution in [0, 0.1) is 10.1 Å². The maximum atomic E-state index is 12.0. The predicted molar refractivity (Wildman–Crippen MR) is 103 cm³/mol. The van der Waals surface area contributed by atoms with Gasteiger partial charge in [-0.15, -0.1) is 0 Å². The first-order chi connectivity index (χ1) is 13.0. The number of anilines is 2. The van der Waals surface area contributed by atoms with Crippen LogP contribution < -0.4 is 15.5 Å². The number of hydrogen-bond acceptors (Lipinski definition) is 6. The summed E-state index contributed by atoms with van der Waals surface area (Å²) in [5, 5.41) is 17.4. The van der Waals surface area contributed by atoms with Crippen LogP contribution in [0.5, 0.6) is 0 Å². The third-order valence-electron chi connectivity index (χ3n) is 4.44. The lowest BCUT2D eigenvalue weighted by molar-refractivity contribution is -0.384. The number of benzene rings is 2.